The minimum atomic E-state index is -2.95. The molecule has 0 saturated heterocycles. The Bertz CT molecular complexity index is 792. The van der Waals surface area contributed by atoms with Crippen molar-refractivity contribution < 1.29 is 31.0 Å². The van der Waals surface area contributed by atoms with E-state index in [0.29, 0.717) is 12.8 Å². The summed E-state index contributed by atoms with van der Waals surface area (Å²) in [5.74, 6) is -0.276. The van der Waals surface area contributed by atoms with Gasteiger partial charge in [0.05, 0.1) is 12.0 Å². The summed E-state index contributed by atoms with van der Waals surface area (Å²) in [5.41, 5.74) is -0.114. The molecule has 0 aliphatic heterocycles. The fourth-order valence-corrected chi connectivity index (χ4v) is 1.54. The van der Waals surface area contributed by atoms with E-state index in [1.165, 1.54) is 24.3 Å². The molecule has 1 aliphatic carbocycles. The summed E-state index contributed by atoms with van der Waals surface area (Å²) >= 11 is 0. The first kappa shape index (κ1) is 7.20. The van der Waals surface area contributed by atoms with Crippen molar-refractivity contribution in [2.75, 3.05) is 26.3 Å². The highest BCUT2D eigenvalue weighted by Crippen LogP contribution is 2.28. The van der Waals surface area contributed by atoms with E-state index in [0.717, 1.165) is 0 Å². The van der Waals surface area contributed by atoms with E-state index < -0.39 is 51.3 Å². The maximum absolute atomic E-state index is 10.0. The number of benzene rings is 1. The zero-order valence-corrected chi connectivity index (χ0v) is 12.1. The molecule has 2 rings (SSSR count). The van der Waals surface area contributed by atoms with Gasteiger partial charge in [-0.2, -0.15) is 0 Å². The van der Waals surface area contributed by atoms with Crippen molar-refractivity contribution in [1.29, 1.82) is 0 Å². The molecule has 1 aliphatic rings. The van der Waals surface area contributed by atoms with Crippen molar-refractivity contribution in [3.05, 3.63) is 29.8 Å². The smallest absolute Gasteiger partial charge is 0.119 e. The van der Waals surface area contributed by atoms with Crippen LogP contribution in [0.5, 0.6) is 5.75 Å². The molecule has 4 heteroatoms. The number of nitrogens with one attached hydrogen (secondary N) is 1. The van der Waals surface area contributed by atoms with E-state index in [1.807, 2.05) is 0 Å². The van der Waals surface area contributed by atoms with Crippen LogP contribution in [0.4, 0.5) is 0 Å². The first-order valence-corrected chi connectivity index (χ1v) is 7.12. The molecule has 0 radical (unpaired) electrons. The molecule has 0 aromatic heterocycles. The Kier molecular flexibility index (Phi) is 2.99. The van der Waals surface area contributed by atoms with Gasteiger partial charge in [0.1, 0.15) is 18.5 Å². The molecule has 0 amide bonds. The fourth-order valence-electron chi connectivity index (χ4n) is 1.54. The second-order valence-corrected chi connectivity index (χ2v) is 5.05. The largest absolute Gasteiger partial charge is 0.491 e. The summed E-state index contributed by atoms with van der Waals surface area (Å²) in [6, 6.07) is 3.32. The van der Waals surface area contributed by atoms with Crippen molar-refractivity contribution in [3.8, 4) is 5.75 Å². The van der Waals surface area contributed by atoms with Crippen LogP contribution >= 0.6 is 0 Å². The summed E-state index contributed by atoms with van der Waals surface area (Å²) in [4.78, 5) is 0. The molecular weight excluding hydrogens is 278 g/mol. The van der Waals surface area contributed by atoms with Gasteiger partial charge < -0.3 is 19.9 Å². The lowest BCUT2D eigenvalue weighted by Crippen LogP contribution is -2.35. The average molecular weight is 320 g/mol. The van der Waals surface area contributed by atoms with E-state index in [-0.39, 0.29) is 24.5 Å². The zero-order valence-electron chi connectivity index (χ0n) is 24.1. The maximum Gasteiger partial charge on any atom is 0.119 e. The van der Waals surface area contributed by atoms with Crippen LogP contribution in [0.1, 0.15) is 48.6 Å². The molecule has 0 heterocycles. The molecule has 1 unspecified atom stereocenters. The second-order valence-electron chi connectivity index (χ2n) is 5.05. The number of hydrogen-bond acceptors (Lipinski definition) is 4. The van der Waals surface area contributed by atoms with E-state index in [4.69, 9.17) is 25.9 Å². The first-order valence-electron chi connectivity index (χ1n) is 13.1. The van der Waals surface area contributed by atoms with E-state index in [9.17, 15) is 5.11 Å². The fraction of sp³-hybridized carbons (Fsp3) is 0.667. The minimum absolute atomic E-state index is 0.114. The third-order valence-corrected chi connectivity index (χ3v) is 2.90. The Morgan fingerprint density at radius 3 is 2.82 bits per heavy atom. The summed E-state index contributed by atoms with van der Waals surface area (Å²) < 4.78 is 102. The molecule has 22 heavy (non-hydrogen) atoms. The molecule has 124 valence electrons. The van der Waals surface area contributed by atoms with E-state index in [2.05, 4.69) is 5.32 Å². The monoisotopic (exact) mass is 319 g/mol. The van der Waals surface area contributed by atoms with Gasteiger partial charge in [0.2, 0.25) is 0 Å². The number of aliphatic hydroxyl groups is 1. The number of ether oxygens (including phenoxy) is 2. The molecule has 1 atom stereocenters. The summed E-state index contributed by atoms with van der Waals surface area (Å²) in [5, 5.41) is 12.3. The van der Waals surface area contributed by atoms with Crippen LogP contribution in [-0.2, 0) is 11.1 Å². The highest BCUT2D eigenvalue weighted by atomic mass is 16.5. The normalized spacial score (nSPS) is 27.2. The summed E-state index contributed by atoms with van der Waals surface area (Å²) in [6.07, 6.45) is -2.83. The predicted molar refractivity (Wildman–Crippen MR) is 88.3 cm³/mol. The molecule has 1 saturated carbocycles. The standard InChI is InChI=1S/C18H29NO3/c1-14(2)19-11-17(20)13-22-18-7-5-15(6-8-18)9-10-21-12-16-3-4-16/h5-8,14,16-17,19-20H,3-4,9-13H2,1-2H3/i1D3,2D3,9D2,10D2,12D2. The van der Waals surface area contributed by atoms with Crippen molar-refractivity contribution in [1.82, 2.24) is 5.32 Å². The van der Waals surface area contributed by atoms with Gasteiger partial charge in [0, 0.05) is 30.1 Å². The van der Waals surface area contributed by atoms with Gasteiger partial charge in [-0.05, 0) is 42.8 Å². The Hall–Kier alpha value is -1.10. The van der Waals surface area contributed by atoms with Crippen LogP contribution in [-0.4, -0.2) is 43.5 Å². The topological polar surface area (TPSA) is 50.7 Å². The lowest BCUT2D eigenvalue weighted by atomic mass is 10.1. The van der Waals surface area contributed by atoms with Crippen molar-refractivity contribution in [3.63, 3.8) is 0 Å². The van der Waals surface area contributed by atoms with Gasteiger partial charge >= 0.3 is 0 Å². The van der Waals surface area contributed by atoms with Crippen molar-refractivity contribution >= 4 is 0 Å². The van der Waals surface area contributed by atoms with Crippen LogP contribution in [0, 0.1) is 5.92 Å². The molecule has 1 fully saturated rings. The van der Waals surface area contributed by atoms with Gasteiger partial charge in [-0.1, -0.05) is 25.8 Å². The lowest BCUT2D eigenvalue weighted by Gasteiger charge is -2.15. The van der Waals surface area contributed by atoms with Crippen LogP contribution in [0.25, 0.3) is 0 Å². The maximum atomic E-state index is 10.0. The molecule has 2 N–H and O–H groups in total. The average Bonchev–Trinajstić information content (AvgIpc) is 3.49. The van der Waals surface area contributed by atoms with Crippen LogP contribution < -0.4 is 10.1 Å². The highest BCUT2D eigenvalue weighted by Gasteiger charge is 2.20. The SMILES string of the molecule is [2H]C([2H])([2H])C(NCC(O)COc1ccc(C([2H])([2H])C([2H])([2H])OC([2H])([2H])C2CC2)cc1)C([2H])([2H])[2H]. The molecule has 0 bridgehead atoms. The third kappa shape index (κ3) is 7.25. The predicted octanol–water partition coefficient (Wildman–Crippen LogP) is 2.39. The number of aliphatic hydroxyl groups excluding tert-OH is 1. The number of rotatable bonds is 11. The van der Waals surface area contributed by atoms with Gasteiger partial charge in [-0.15, -0.1) is 0 Å². The van der Waals surface area contributed by atoms with Gasteiger partial charge in [-0.3, -0.25) is 0 Å². The molecule has 0 spiro atoms. The van der Waals surface area contributed by atoms with E-state index >= 15 is 0 Å². The number of aryl methyl sites for hydroxylation is 1. The molecule has 4 nitrogen and oxygen atoms in total. The zero-order chi connectivity index (χ0) is 26.2. The minimum Gasteiger partial charge on any atom is -0.491 e. The molecule has 1 aromatic carbocycles. The second kappa shape index (κ2) is 9.13. The van der Waals surface area contributed by atoms with Gasteiger partial charge in [-0.25, -0.2) is 0 Å². The van der Waals surface area contributed by atoms with Crippen LogP contribution in [0.3, 0.4) is 0 Å². The Morgan fingerprint density at radius 1 is 1.36 bits per heavy atom. The Morgan fingerprint density at radius 2 is 2.14 bits per heavy atom. The Labute approximate surface area is 150 Å². The lowest BCUT2D eigenvalue weighted by molar-refractivity contribution is 0.104. The molecular formula is C18H29NO3. The summed E-state index contributed by atoms with van der Waals surface area (Å²) in [7, 11) is 0. The number of hydrogen-bond donors (Lipinski definition) is 2. The molecule has 1 aromatic rings. The van der Waals surface area contributed by atoms with Crippen LogP contribution in [0.15, 0.2) is 24.3 Å². The van der Waals surface area contributed by atoms with Crippen molar-refractivity contribution in [2.45, 2.75) is 45.1 Å². The van der Waals surface area contributed by atoms with Crippen LogP contribution in [0.2, 0.25) is 0 Å². The van der Waals surface area contributed by atoms with E-state index in [1.54, 1.807) is 0 Å². The Balaban J connectivity index is 1.95. The highest BCUT2D eigenvalue weighted by molar-refractivity contribution is 5.27. The third-order valence-electron chi connectivity index (χ3n) is 2.90. The van der Waals surface area contributed by atoms with Gasteiger partial charge in [0.15, 0.2) is 0 Å². The quantitative estimate of drug-likeness (QED) is 0.657. The van der Waals surface area contributed by atoms with Crippen molar-refractivity contribution in [2.24, 2.45) is 5.92 Å². The first-order chi connectivity index (χ1) is 15.3. The summed E-state index contributed by atoms with van der Waals surface area (Å²) in [6.45, 7) is -11.5. The van der Waals surface area contributed by atoms with Gasteiger partial charge in [0.25, 0.3) is 0 Å².